The molecule has 0 aromatic rings. The van der Waals surface area contributed by atoms with Gasteiger partial charge in [-0.25, -0.2) is 4.79 Å². The smallest absolute Gasteiger partial charge is 0.410 e. The summed E-state index contributed by atoms with van der Waals surface area (Å²) in [5, 5.41) is 9.53. The predicted molar refractivity (Wildman–Crippen MR) is 54.6 cm³/mol. The van der Waals surface area contributed by atoms with Crippen LogP contribution in [0.4, 0.5) is 4.79 Å². The molecule has 1 fully saturated rings. The highest BCUT2D eigenvalue weighted by Crippen LogP contribution is 2.17. The Labute approximate surface area is 90.0 Å². The van der Waals surface area contributed by atoms with Crippen molar-refractivity contribution in [1.82, 2.24) is 4.90 Å². The highest BCUT2D eigenvalue weighted by Gasteiger charge is 2.36. The van der Waals surface area contributed by atoms with Crippen LogP contribution in [-0.4, -0.2) is 54.1 Å². The van der Waals surface area contributed by atoms with E-state index in [0.29, 0.717) is 6.54 Å². The fraction of sp³-hybridized carbons (Fsp3) is 0.900. The van der Waals surface area contributed by atoms with Crippen LogP contribution >= 0.6 is 0 Å². The number of amides is 1. The summed E-state index contributed by atoms with van der Waals surface area (Å²) >= 11 is 0. The lowest BCUT2D eigenvalue weighted by atomic mass is 10.2. The molecule has 0 spiro atoms. The van der Waals surface area contributed by atoms with Gasteiger partial charge in [-0.05, 0) is 20.8 Å². The molecular weight excluding hydrogens is 198 g/mol. The molecule has 2 atom stereocenters. The molecule has 15 heavy (non-hydrogen) atoms. The lowest BCUT2D eigenvalue weighted by Crippen LogP contribution is -2.36. The summed E-state index contributed by atoms with van der Waals surface area (Å²) in [6, 6.07) is 0. The Balaban J connectivity index is 2.50. The Morgan fingerprint density at radius 1 is 1.40 bits per heavy atom. The van der Waals surface area contributed by atoms with E-state index in [1.807, 2.05) is 20.8 Å². The third-order valence-electron chi connectivity index (χ3n) is 2.19. The zero-order valence-corrected chi connectivity index (χ0v) is 9.69. The van der Waals surface area contributed by atoms with Crippen LogP contribution in [0.2, 0.25) is 0 Å². The number of likely N-dealkylation sites (tertiary alicyclic amines) is 1. The molecule has 1 saturated heterocycles. The third kappa shape index (κ3) is 3.35. The maximum absolute atomic E-state index is 11.6. The fourth-order valence-electron chi connectivity index (χ4n) is 1.46. The van der Waals surface area contributed by atoms with Crippen LogP contribution in [0.25, 0.3) is 0 Å². The summed E-state index contributed by atoms with van der Waals surface area (Å²) < 4.78 is 10.2. The predicted octanol–water partition coefficient (Wildman–Crippen LogP) is 0.613. The van der Waals surface area contributed by atoms with E-state index in [4.69, 9.17) is 9.47 Å². The van der Waals surface area contributed by atoms with Crippen LogP contribution in [0.15, 0.2) is 0 Å². The van der Waals surface area contributed by atoms with Crippen LogP contribution in [0, 0.1) is 0 Å². The molecule has 5 nitrogen and oxygen atoms in total. The van der Waals surface area contributed by atoms with Crippen LogP contribution in [0.3, 0.4) is 0 Å². The Kier molecular flexibility index (Phi) is 3.57. The van der Waals surface area contributed by atoms with Gasteiger partial charge in [0.25, 0.3) is 0 Å². The van der Waals surface area contributed by atoms with Gasteiger partial charge in [-0.15, -0.1) is 0 Å². The normalized spacial score (nSPS) is 26.9. The van der Waals surface area contributed by atoms with Crippen molar-refractivity contribution in [2.45, 2.75) is 38.6 Å². The monoisotopic (exact) mass is 217 g/mol. The van der Waals surface area contributed by atoms with E-state index in [0.717, 1.165) is 0 Å². The highest BCUT2D eigenvalue weighted by atomic mass is 16.6. The quantitative estimate of drug-likeness (QED) is 0.699. The molecule has 1 heterocycles. The maximum atomic E-state index is 11.6. The van der Waals surface area contributed by atoms with Crippen LogP contribution in [0.1, 0.15) is 20.8 Å². The van der Waals surface area contributed by atoms with Gasteiger partial charge in [0, 0.05) is 7.11 Å². The number of hydrogen-bond donors (Lipinski definition) is 1. The van der Waals surface area contributed by atoms with Crippen molar-refractivity contribution < 1.29 is 19.4 Å². The maximum Gasteiger partial charge on any atom is 0.410 e. The highest BCUT2D eigenvalue weighted by molar-refractivity contribution is 5.68. The van der Waals surface area contributed by atoms with Gasteiger partial charge < -0.3 is 19.5 Å². The second-order valence-electron chi connectivity index (χ2n) is 4.73. The van der Waals surface area contributed by atoms with Gasteiger partial charge in [-0.1, -0.05) is 0 Å². The lowest BCUT2D eigenvalue weighted by Gasteiger charge is -2.24. The van der Waals surface area contributed by atoms with Crippen molar-refractivity contribution in [3.05, 3.63) is 0 Å². The van der Waals surface area contributed by atoms with Crippen molar-refractivity contribution in [2.75, 3.05) is 20.2 Å². The number of hydrogen-bond acceptors (Lipinski definition) is 4. The van der Waals surface area contributed by atoms with Gasteiger partial charge >= 0.3 is 6.09 Å². The second kappa shape index (κ2) is 4.37. The number of methoxy groups -OCH3 is 1. The van der Waals surface area contributed by atoms with Gasteiger partial charge in [-0.3, -0.25) is 0 Å². The van der Waals surface area contributed by atoms with E-state index < -0.39 is 17.8 Å². The SMILES string of the molecule is CO[C@H]1CN(C(=O)OC(C)(C)C)C[C@@H]1O. The summed E-state index contributed by atoms with van der Waals surface area (Å²) in [6.07, 6.45) is -1.33. The van der Waals surface area contributed by atoms with Gasteiger partial charge in [0.2, 0.25) is 0 Å². The van der Waals surface area contributed by atoms with Crippen molar-refractivity contribution in [1.29, 1.82) is 0 Å². The van der Waals surface area contributed by atoms with Crippen LogP contribution in [-0.2, 0) is 9.47 Å². The van der Waals surface area contributed by atoms with E-state index in [1.54, 1.807) is 0 Å². The topological polar surface area (TPSA) is 59.0 Å². The standard InChI is InChI=1S/C10H19NO4/c1-10(2,3)15-9(13)11-5-7(12)8(6-11)14-4/h7-8,12H,5-6H2,1-4H3/t7-,8-/m0/s1. The lowest BCUT2D eigenvalue weighted by molar-refractivity contribution is 0.0199. The first kappa shape index (κ1) is 12.3. The minimum atomic E-state index is -0.623. The molecule has 88 valence electrons. The minimum Gasteiger partial charge on any atom is -0.444 e. The number of rotatable bonds is 1. The molecular formula is C10H19NO4. The molecule has 0 aromatic heterocycles. The van der Waals surface area contributed by atoms with Crippen molar-refractivity contribution >= 4 is 6.09 Å². The third-order valence-corrected chi connectivity index (χ3v) is 2.19. The molecule has 0 aromatic carbocycles. The van der Waals surface area contributed by atoms with E-state index in [-0.39, 0.29) is 12.6 Å². The van der Waals surface area contributed by atoms with Crippen molar-refractivity contribution in [3.8, 4) is 0 Å². The van der Waals surface area contributed by atoms with Gasteiger partial charge in [0.1, 0.15) is 11.7 Å². The first-order chi connectivity index (χ1) is 6.83. The average molecular weight is 217 g/mol. The summed E-state index contributed by atoms with van der Waals surface area (Å²) in [7, 11) is 1.52. The summed E-state index contributed by atoms with van der Waals surface area (Å²) in [5.74, 6) is 0. The van der Waals surface area contributed by atoms with Gasteiger partial charge in [0.05, 0.1) is 19.2 Å². The summed E-state index contributed by atoms with van der Waals surface area (Å²) in [4.78, 5) is 13.1. The molecule has 1 N–H and O–H groups in total. The second-order valence-corrected chi connectivity index (χ2v) is 4.73. The number of ether oxygens (including phenoxy) is 2. The molecule has 1 rings (SSSR count). The number of carbonyl (C=O) groups excluding carboxylic acids is 1. The number of aliphatic hydroxyl groups excluding tert-OH is 1. The summed E-state index contributed by atoms with van der Waals surface area (Å²) in [6.45, 7) is 6.08. The van der Waals surface area contributed by atoms with Crippen LogP contribution in [0.5, 0.6) is 0 Å². The largest absolute Gasteiger partial charge is 0.444 e. The molecule has 5 heteroatoms. The van der Waals surface area contributed by atoms with Gasteiger partial charge in [0.15, 0.2) is 0 Å². The van der Waals surface area contributed by atoms with Gasteiger partial charge in [-0.2, -0.15) is 0 Å². The Hall–Kier alpha value is -0.810. The Morgan fingerprint density at radius 3 is 2.40 bits per heavy atom. The van der Waals surface area contributed by atoms with E-state index >= 15 is 0 Å². The van der Waals surface area contributed by atoms with Crippen molar-refractivity contribution in [3.63, 3.8) is 0 Å². The molecule has 0 saturated carbocycles. The zero-order chi connectivity index (χ0) is 11.6. The molecule has 1 aliphatic heterocycles. The molecule has 0 bridgehead atoms. The Bertz CT molecular complexity index is 236. The molecule has 1 amide bonds. The van der Waals surface area contributed by atoms with E-state index in [9.17, 15) is 9.90 Å². The number of aliphatic hydroxyl groups is 1. The minimum absolute atomic E-state index is 0.271. The molecule has 0 unspecified atom stereocenters. The number of β-amino-alcohol motifs (C(OH)–C–C–N with tert-alkyl or cyclic N) is 1. The average Bonchev–Trinajstić information content (AvgIpc) is 2.43. The zero-order valence-electron chi connectivity index (χ0n) is 9.69. The first-order valence-electron chi connectivity index (χ1n) is 5.02. The van der Waals surface area contributed by atoms with Crippen LogP contribution < -0.4 is 0 Å². The number of carbonyl (C=O) groups is 1. The molecule has 0 aliphatic carbocycles. The molecule has 1 aliphatic rings. The fourth-order valence-corrected chi connectivity index (χ4v) is 1.46. The summed E-state index contributed by atoms with van der Waals surface area (Å²) in [5.41, 5.74) is -0.507. The van der Waals surface area contributed by atoms with E-state index in [2.05, 4.69) is 0 Å². The first-order valence-corrected chi connectivity index (χ1v) is 5.02. The number of nitrogens with zero attached hydrogens (tertiary/aromatic N) is 1. The Morgan fingerprint density at radius 2 is 2.00 bits per heavy atom. The van der Waals surface area contributed by atoms with E-state index in [1.165, 1.54) is 12.0 Å². The van der Waals surface area contributed by atoms with Crippen molar-refractivity contribution in [2.24, 2.45) is 0 Å². The molecule has 0 radical (unpaired) electrons.